The van der Waals surface area contributed by atoms with Gasteiger partial charge >= 0.3 is 5.97 Å². The first-order valence-electron chi connectivity index (χ1n) is 8.68. The molecule has 27 heavy (non-hydrogen) atoms. The second-order valence-corrected chi connectivity index (χ2v) is 7.35. The molecule has 0 spiro atoms. The van der Waals surface area contributed by atoms with E-state index in [-0.39, 0.29) is 17.9 Å². The molecule has 1 aliphatic rings. The molecule has 1 aromatic carbocycles. The highest BCUT2D eigenvalue weighted by Crippen LogP contribution is 2.35. The van der Waals surface area contributed by atoms with Gasteiger partial charge in [0.1, 0.15) is 5.82 Å². The predicted molar refractivity (Wildman–Crippen MR) is 103 cm³/mol. The number of anilines is 1. The molecule has 0 fully saturated rings. The van der Waals surface area contributed by atoms with Gasteiger partial charge < -0.3 is 14.6 Å². The van der Waals surface area contributed by atoms with Gasteiger partial charge in [0.2, 0.25) is 5.91 Å². The number of hydrogen-bond donors (Lipinski definition) is 1. The van der Waals surface area contributed by atoms with Crippen molar-refractivity contribution in [3.63, 3.8) is 0 Å². The van der Waals surface area contributed by atoms with E-state index in [9.17, 15) is 14.4 Å². The molecule has 1 atom stereocenters. The number of nitrogens with one attached hydrogen (secondary N) is 1. The van der Waals surface area contributed by atoms with E-state index < -0.39 is 11.9 Å². The van der Waals surface area contributed by atoms with Crippen LogP contribution in [-0.4, -0.2) is 34.3 Å². The highest BCUT2D eigenvalue weighted by molar-refractivity contribution is 7.99. The third kappa shape index (κ3) is 3.75. The number of rotatable bonds is 5. The third-order valence-corrected chi connectivity index (χ3v) is 5.71. The van der Waals surface area contributed by atoms with Crippen molar-refractivity contribution >= 4 is 29.5 Å². The maximum atomic E-state index is 12.7. The molecule has 1 N–H and O–H groups in total. The summed E-state index contributed by atoms with van der Waals surface area (Å²) in [4.78, 5) is 40.9. The van der Waals surface area contributed by atoms with Crippen molar-refractivity contribution in [2.45, 2.75) is 30.8 Å². The zero-order valence-corrected chi connectivity index (χ0v) is 16.3. The van der Waals surface area contributed by atoms with E-state index >= 15 is 0 Å². The first-order chi connectivity index (χ1) is 13.0. The van der Waals surface area contributed by atoms with Gasteiger partial charge in [-0.15, -0.1) is 0 Å². The van der Waals surface area contributed by atoms with E-state index in [1.54, 1.807) is 35.9 Å². The third-order valence-electron chi connectivity index (χ3n) is 4.47. The summed E-state index contributed by atoms with van der Waals surface area (Å²) in [6.07, 6.45) is 1.11. The van der Waals surface area contributed by atoms with E-state index in [2.05, 4.69) is 17.2 Å². The minimum atomic E-state index is -0.432. The van der Waals surface area contributed by atoms with Gasteiger partial charge in [-0.2, -0.15) is 4.98 Å². The molecule has 0 saturated heterocycles. The molecule has 142 valence electrons. The maximum absolute atomic E-state index is 12.7. The lowest BCUT2D eigenvalue weighted by Crippen LogP contribution is -2.33. The van der Waals surface area contributed by atoms with Gasteiger partial charge in [-0.3, -0.25) is 9.59 Å². The van der Waals surface area contributed by atoms with Crippen LogP contribution in [0.1, 0.15) is 47.2 Å². The summed E-state index contributed by atoms with van der Waals surface area (Å²) in [5, 5.41) is 3.41. The number of amides is 1. The fraction of sp³-hybridized carbons (Fsp3) is 0.368. The van der Waals surface area contributed by atoms with Crippen molar-refractivity contribution in [1.82, 2.24) is 9.55 Å². The Labute approximate surface area is 161 Å². The van der Waals surface area contributed by atoms with Gasteiger partial charge in [-0.1, -0.05) is 30.8 Å². The number of esters is 1. The van der Waals surface area contributed by atoms with E-state index in [1.165, 1.54) is 18.9 Å². The Kier molecular flexibility index (Phi) is 5.65. The molecule has 7 nitrogen and oxygen atoms in total. The molecular weight excluding hydrogens is 366 g/mol. The molecule has 2 aromatic rings. The zero-order chi connectivity index (χ0) is 19.6. The van der Waals surface area contributed by atoms with Crippen molar-refractivity contribution in [1.29, 1.82) is 0 Å². The first kappa shape index (κ1) is 19.2. The monoisotopic (exact) mass is 387 g/mol. The SMILES string of the molecule is CCCSc1nc(=O)c2c(n1C)NC(=O)CC2c1ccc(C(=O)OC)cc1. The minimum Gasteiger partial charge on any atom is -0.465 e. The van der Waals surface area contributed by atoms with E-state index in [0.29, 0.717) is 22.1 Å². The average molecular weight is 387 g/mol. The Morgan fingerprint density at radius 1 is 1.33 bits per heavy atom. The molecule has 2 heterocycles. The lowest BCUT2D eigenvalue weighted by atomic mass is 9.86. The molecule has 1 amide bonds. The van der Waals surface area contributed by atoms with Crippen molar-refractivity contribution in [3.05, 3.63) is 51.3 Å². The molecule has 0 bridgehead atoms. The van der Waals surface area contributed by atoms with Gasteiger partial charge in [-0.25, -0.2) is 4.79 Å². The van der Waals surface area contributed by atoms with Crippen LogP contribution >= 0.6 is 11.8 Å². The summed E-state index contributed by atoms with van der Waals surface area (Å²) >= 11 is 1.49. The number of thioether (sulfide) groups is 1. The normalized spacial score (nSPS) is 15.8. The topological polar surface area (TPSA) is 90.3 Å². The van der Waals surface area contributed by atoms with Crippen molar-refractivity contribution in [3.8, 4) is 0 Å². The molecule has 1 unspecified atom stereocenters. The average Bonchev–Trinajstić information content (AvgIpc) is 2.68. The number of hydrogen-bond acceptors (Lipinski definition) is 6. The highest BCUT2D eigenvalue weighted by Gasteiger charge is 2.32. The fourth-order valence-electron chi connectivity index (χ4n) is 3.11. The van der Waals surface area contributed by atoms with Crippen LogP contribution in [0.15, 0.2) is 34.2 Å². The molecule has 0 aliphatic carbocycles. The molecular formula is C19H21N3O4S. The molecule has 3 rings (SSSR count). The number of fused-ring (bicyclic) bond motifs is 1. The second kappa shape index (κ2) is 7.96. The van der Waals surface area contributed by atoms with Crippen molar-refractivity contribution < 1.29 is 14.3 Å². The molecule has 0 radical (unpaired) electrons. The standard InChI is InChI=1S/C19H21N3O4S/c1-4-9-27-19-21-17(24)15-13(10-14(23)20-16(15)22(19)2)11-5-7-12(8-6-11)18(25)26-3/h5-8,13H,4,9-10H2,1-3H3,(H,20,23). The van der Waals surface area contributed by atoms with Gasteiger partial charge in [0.25, 0.3) is 5.56 Å². The smallest absolute Gasteiger partial charge is 0.337 e. The summed E-state index contributed by atoms with van der Waals surface area (Å²) in [5.74, 6) is 0.338. The van der Waals surface area contributed by atoms with Crippen LogP contribution in [0.25, 0.3) is 0 Å². The van der Waals surface area contributed by atoms with Crippen LogP contribution in [0.3, 0.4) is 0 Å². The Morgan fingerprint density at radius 2 is 2.04 bits per heavy atom. The number of ether oxygens (including phenoxy) is 1. The number of carbonyl (C=O) groups is 2. The van der Waals surface area contributed by atoms with Gasteiger partial charge in [0, 0.05) is 25.1 Å². The molecule has 8 heteroatoms. The summed E-state index contributed by atoms with van der Waals surface area (Å²) in [6.45, 7) is 2.05. The Morgan fingerprint density at radius 3 is 2.67 bits per heavy atom. The number of benzene rings is 1. The largest absolute Gasteiger partial charge is 0.465 e. The summed E-state index contributed by atoms with van der Waals surface area (Å²) in [6, 6.07) is 6.77. The Bertz CT molecular complexity index is 937. The Hall–Kier alpha value is -2.61. The minimum absolute atomic E-state index is 0.155. The van der Waals surface area contributed by atoms with Crippen molar-refractivity contribution in [2.24, 2.45) is 7.05 Å². The number of carbonyl (C=O) groups excluding carboxylic acids is 2. The summed E-state index contributed by atoms with van der Waals surface area (Å²) in [5.41, 5.74) is 1.35. The van der Waals surface area contributed by atoms with Crippen LogP contribution < -0.4 is 10.9 Å². The maximum Gasteiger partial charge on any atom is 0.337 e. The number of methoxy groups -OCH3 is 1. The van der Waals surface area contributed by atoms with Gasteiger partial charge in [-0.05, 0) is 24.1 Å². The fourth-order valence-corrected chi connectivity index (χ4v) is 3.93. The molecule has 0 saturated carbocycles. The zero-order valence-electron chi connectivity index (χ0n) is 15.4. The number of aromatic nitrogens is 2. The van der Waals surface area contributed by atoms with Crippen LogP contribution in [0.5, 0.6) is 0 Å². The summed E-state index contributed by atoms with van der Waals surface area (Å²) < 4.78 is 6.47. The van der Waals surface area contributed by atoms with Gasteiger partial charge in [0.15, 0.2) is 5.16 Å². The van der Waals surface area contributed by atoms with Crippen LogP contribution in [0, 0.1) is 0 Å². The number of nitrogens with zero attached hydrogens (tertiary/aromatic N) is 2. The van der Waals surface area contributed by atoms with Crippen molar-refractivity contribution in [2.75, 3.05) is 18.2 Å². The second-order valence-electron chi connectivity index (χ2n) is 6.29. The summed E-state index contributed by atoms with van der Waals surface area (Å²) in [7, 11) is 3.12. The lowest BCUT2D eigenvalue weighted by molar-refractivity contribution is -0.116. The van der Waals surface area contributed by atoms with E-state index in [0.717, 1.165) is 17.7 Å². The van der Waals surface area contributed by atoms with Crippen LogP contribution in [-0.2, 0) is 16.6 Å². The van der Waals surface area contributed by atoms with Gasteiger partial charge in [0.05, 0.1) is 18.2 Å². The Balaban J connectivity index is 2.05. The van der Waals surface area contributed by atoms with Crippen LogP contribution in [0.2, 0.25) is 0 Å². The first-order valence-corrected chi connectivity index (χ1v) is 9.66. The highest BCUT2D eigenvalue weighted by atomic mass is 32.2. The van der Waals surface area contributed by atoms with E-state index in [4.69, 9.17) is 4.74 Å². The molecule has 1 aromatic heterocycles. The lowest BCUT2D eigenvalue weighted by Gasteiger charge is -2.27. The molecule has 1 aliphatic heterocycles. The quantitative estimate of drug-likeness (QED) is 0.482. The van der Waals surface area contributed by atoms with Crippen LogP contribution in [0.4, 0.5) is 5.82 Å². The van der Waals surface area contributed by atoms with E-state index in [1.807, 2.05) is 0 Å². The predicted octanol–water partition coefficient (Wildman–Crippen LogP) is 2.54.